The van der Waals surface area contributed by atoms with E-state index >= 15 is 0 Å². The normalized spacial score (nSPS) is 12.0. The Morgan fingerprint density at radius 2 is 0.789 bits per heavy atom. The van der Waals surface area contributed by atoms with Crippen LogP contribution in [0.4, 0.5) is 0 Å². The standard InChI is InChI=1S/C5H14OSi.2C4H12OSi/c1-5-7(3,4)6-2;2*1-5-6(2,3)4/h5H2,1-4H3;2*1-4H3. The predicted molar refractivity (Wildman–Crippen MR) is 95.7 cm³/mol. The van der Waals surface area contributed by atoms with Crippen LogP contribution in [0.5, 0.6) is 0 Å². The quantitative estimate of drug-likeness (QED) is 0.695. The van der Waals surface area contributed by atoms with Gasteiger partial charge in [-0.15, -0.1) is 0 Å². The van der Waals surface area contributed by atoms with E-state index in [0.717, 1.165) is 0 Å². The molecule has 0 rings (SSSR count). The van der Waals surface area contributed by atoms with Crippen LogP contribution in [0.25, 0.3) is 0 Å². The molecule has 0 aromatic rings. The molecule has 0 saturated carbocycles. The van der Waals surface area contributed by atoms with Crippen molar-refractivity contribution in [3.05, 3.63) is 0 Å². The molecule has 0 N–H and O–H groups in total. The highest BCUT2D eigenvalue weighted by Gasteiger charge is 2.15. The maximum Gasteiger partial charge on any atom is 0.185 e. The largest absolute Gasteiger partial charge is 0.421 e. The van der Waals surface area contributed by atoms with Crippen LogP contribution in [0.3, 0.4) is 0 Å². The predicted octanol–water partition coefficient (Wildman–Crippen LogP) is 4.79. The van der Waals surface area contributed by atoms with Crippen molar-refractivity contribution in [1.29, 1.82) is 0 Å². The summed E-state index contributed by atoms with van der Waals surface area (Å²) in [6, 6.07) is 1.21. The second-order valence-corrected chi connectivity index (χ2v) is 20.9. The summed E-state index contributed by atoms with van der Waals surface area (Å²) in [4.78, 5) is 0. The second-order valence-electron chi connectivity index (χ2n) is 6.95. The van der Waals surface area contributed by atoms with E-state index in [0.29, 0.717) is 0 Å². The smallest absolute Gasteiger partial charge is 0.185 e. The zero-order chi connectivity index (χ0) is 16.3. The summed E-state index contributed by atoms with van der Waals surface area (Å²) in [5, 5.41) is 0. The van der Waals surface area contributed by atoms with E-state index in [1.807, 2.05) is 0 Å². The Morgan fingerprint density at radius 1 is 0.579 bits per heavy atom. The minimum absolute atomic E-state index is 1.13. The molecule has 6 heteroatoms. The first-order valence-corrected chi connectivity index (χ1v) is 16.8. The Hall–Kier alpha value is 0.531. The van der Waals surface area contributed by atoms with Crippen molar-refractivity contribution < 1.29 is 13.3 Å². The second kappa shape index (κ2) is 11.2. The third kappa shape index (κ3) is 32.2. The molecule has 0 saturated heterocycles. The van der Waals surface area contributed by atoms with Crippen LogP contribution in [0.2, 0.25) is 58.4 Å². The van der Waals surface area contributed by atoms with Crippen molar-refractivity contribution in [2.45, 2.75) is 65.3 Å². The van der Waals surface area contributed by atoms with Crippen molar-refractivity contribution >= 4 is 25.0 Å². The van der Waals surface area contributed by atoms with Crippen LogP contribution in [0.15, 0.2) is 0 Å². The Kier molecular flexibility index (Phi) is 14.5. The van der Waals surface area contributed by atoms with Gasteiger partial charge in [-0.05, 0) is 58.4 Å². The molecule has 0 unspecified atom stereocenters. The average molecular weight is 327 g/mol. The van der Waals surface area contributed by atoms with Gasteiger partial charge in [0, 0.05) is 21.3 Å². The SMILES string of the molecule is CC[Si](C)(C)OC.CO[Si](C)(C)C.CO[Si](C)(C)C. The first-order valence-electron chi connectivity index (χ1n) is 6.90. The third-order valence-corrected chi connectivity index (χ3v) is 7.89. The van der Waals surface area contributed by atoms with Gasteiger partial charge in [-0.1, -0.05) is 6.92 Å². The molecule has 19 heavy (non-hydrogen) atoms. The van der Waals surface area contributed by atoms with Gasteiger partial charge in [-0.25, -0.2) is 0 Å². The molecule has 0 amide bonds. The van der Waals surface area contributed by atoms with E-state index in [2.05, 4.69) is 59.3 Å². The molecule has 0 aliphatic heterocycles. The Bertz CT molecular complexity index is 176. The lowest BCUT2D eigenvalue weighted by atomic mass is 11.0. The molecule has 0 aromatic carbocycles. The molecule has 0 aliphatic carbocycles. The molecule has 0 heterocycles. The highest BCUT2D eigenvalue weighted by Crippen LogP contribution is 2.06. The van der Waals surface area contributed by atoms with Gasteiger partial charge in [0.1, 0.15) is 0 Å². The Labute approximate surface area is 125 Å². The molecule has 0 radical (unpaired) electrons. The minimum Gasteiger partial charge on any atom is -0.421 e. The van der Waals surface area contributed by atoms with Gasteiger partial charge in [0.05, 0.1) is 0 Å². The van der Waals surface area contributed by atoms with Gasteiger partial charge in [0.2, 0.25) is 0 Å². The molecule has 0 fully saturated rings. The van der Waals surface area contributed by atoms with Crippen molar-refractivity contribution in [2.24, 2.45) is 0 Å². The first-order chi connectivity index (χ1) is 8.24. The zero-order valence-corrected chi connectivity index (χ0v) is 18.4. The van der Waals surface area contributed by atoms with Crippen LogP contribution >= 0.6 is 0 Å². The van der Waals surface area contributed by atoms with Crippen molar-refractivity contribution in [3.8, 4) is 0 Å². The molecule has 0 aromatic heterocycles. The molecule has 3 nitrogen and oxygen atoms in total. The van der Waals surface area contributed by atoms with Crippen molar-refractivity contribution in [3.63, 3.8) is 0 Å². The van der Waals surface area contributed by atoms with E-state index in [1.54, 1.807) is 21.3 Å². The Balaban J connectivity index is -0.000000203. The summed E-state index contributed by atoms with van der Waals surface area (Å²) in [5.41, 5.74) is 0. The minimum atomic E-state index is -1.15. The molecule has 0 aliphatic rings. The van der Waals surface area contributed by atoms with Gasteiger partial charge in [0.15, 0.2) is 25.0 Å². The van der Waals surface area contributed by atoms with E-state index < -0.39 is 25.0 Å². The molecular weight excluding hydrogens is 288 g/mol. The fourth-order valence-electron chi connectivity index (χ4n) is 0.144. The summed E-state index contributed by atoms with van der Waals surface area (Å²) < 4.78 is 15.4. The molecule has 120 valence electrons. The lowest BCUT2D eigenvalue weighted by Gasteiger charge is -2.15. The molecular formula is C13H38O3Si3. The highest BCUT2D eigenvalue weighted by atomic mass is 28.4. The number of hydrogen-bond acceptors (Lipinski definition) is 3. The molecule has 0 bridgehead atoms. The lowest BCUT2D eigenvalue weighted by Crippen LogP contribution is -2.26. The van der Waals surface area contributed by atoms with Gasteiger partial charge in [0.25, 0.3) is 0 Å². The first kappa shape index (κ1) is 24.5. The average Bonchev–Trinajstić information content (AvgIpc) is 2.29. The summed E-state index contributed by atoms with van der Waals surface area (Å²) in [6.07, 6.45) is 0. The fourth-order valence-corrected chi connectivity index (χ4v) is 0.433. The highest BCUT2D eigenvalue weighted by molar-refractivity contribution is 6.71. The van der Waals surface area contributed by atoms with E-state index in [4.69, 9.17) is 13.3 Å². The zero-order valence-electron chi connectivity index (χ0n) is 15.4. The van der Waals surface area contributed by atoms with Crippen LogP contribution < -0.4 is 0 Å². The summed E-state index contributed by atoms with van der Waals surface area (Å²) in [5.74, 6) is 0. The Morgan fingerprint density at radius 3 is 0.789 bits per heavy atom. The summed E-state index contributed by atoms with van der Waals surface area (Å²) >= 11 is 0. The number of hydrogen-bond donors (Lipinski definition) is 0. The topological polar surface area (TPSA) is 27.7 Å². The van der Waals surface area contributed by atoms with Crippen LogP contribution in [0.1, 0.15) is 6.92 Å². The maximum absolute atomic E-state index is 5.23. The van der Waals surface area contributed by atoms with Gasteiger partial charge < -0.3 is 13.3 Å². The molecule has 0 spiro atoms. The lowest BCUT2D eigenvalue weighted by molar-refractivity contribution is 0.405. The van der Waals surface area contributed by atoms with Gasteiger partial charge >= 0.3 is 0 Å². The monoisotopic (exact) mass is 326 g/mol. The van der Waals surface area contributed by atoms with E-state index in [1.165, 1.54) is 6.04 Å². The maximum atomic E-state index is 5.23. The molecule has 0 atom stereocenters. The number of rotatable bonds is 4. The summed E-state index contributed by atoms with van der Waals surface area (Å²) in [7, 11) is 1.93. The fraction of sp³-hybridized carbons (Fsp3) is 1.00. The van der Waals surface area contributed by atoms with E-state index in [-0.39, 0.29) is 0 Å². The van der Waals surface area contributed by atoms with Gasteiger partial charge in [-0.2, -0.15) is 0 Å². The van der Waals surface area contributed by atoms with Crippen LogP contribution in [-0.4, -0.2) is 46.3 Å². The van der Waals surface area contributed by atoms with E-state index in [9.17, 15) is 0 Å². The van der Waals surface area contributed by atoms with Gasteiger partial charge in [-0.3, -0.25) is 0 Å². The third-order valence-electron chi connectivity index (χ3n) is 2.63. The van der Waals surface area contributed by atoms with Crippen LogP contribution in [0, 0.1) is 0 Å². The van der Waals surface area contributed by atoms with Crippen molar-refractivity contribution in [2.75, 3.05) is 21.3 Å². The van der Waals surface area contributed by atoms with Crippen molar-refractivity contribution in [1.82, 2.24) is 0 Å². The summed E-state index contributed by atoms with van der Waals surface area (Å²) in [6.45, 7) is 19.6. The van der Waals surface area contributed by atoms with Crippen LogP contribution in [-0.2, 0) is 13.3 Å².